The molecule has 20 nitrogen and oxygen atoms in total. The molecule has 1 aliphatic rings. The van der Waals surface area contributed by atoms with Crippen molar-refractivity contribution in [2.45, 2.75) is 153 Å². The Morgan fingerprint density at radius 1 is 0.678 bits per heavy atom. The van der Waals surface area contributed by atoms with E-state index in [0.29, 0.717) is 112 Å². The summed E-state index contributed by atoms with van der Waals surface area (Å²) in [5.74, 6) is -4.25. The molecular formula is C39H72N6O14. The van der Waals surface area contributed by atoms with E-state index in [0.717, 1.165) is 6.42 Å². The fraction of sp³-hybridized carbons (Fsp3) is 0.821. The molecule has 5 unspecified atom stereocenters. The highest BCUT2D eigenvalue weighted by molar-refractivity contribution is 5.83. The van der Waals surface area contributed by atoms with Crippen molar-refractivity contribution in [1.82, 2.24) is 31.1 Å². The Balaban J connectivity index is 2.00. The summed E-state index contributed by atoms with van der Waals surface area (Å²) in [6, 6.07) is 0. The first-order valence-electron chi connectivity index (χ1n) is 21.1. The molecule has 342 valence electrons. The summed E-state index contributed by atoms with van der Waals surface area (Å²) in [6.07, 6.45) is 6.93. The van der Waals surface area contributed by atoms with Gasteiger partial charge in [-0.1, -0.05) is 25.5 Å². The molecule has 0 aromatic heterocycles. The van der Waals surface area contributed by atoms with Gasteiger partial charge in [0.1, 0.15) is 18.3 Å². The molecule has 20 heteroatoms. The summed E-state index contributed by atoms with van der Waals surface area (Å²) in [5.41, 5.74) is 0. The van der Waals surface area contributed by atoms with E-state index in [9.17, 15) is 60.0 Å². The molecule has 1 saturated heterocycles. The molecule has 59 heavy (non-hydrogen) atoms. The number of nitrogens with one attached hydrogen (secondary N) is 3. The number of allylic oxidation sites excluding steroid dienone is 2. The van der Waals surface area contributed by atoms with Crippen LogP contribution in [0.5, 0.6) is 0 Å². The Morgan fingerprint density at radius 2 is 1.14 bits per heavy atom. The molecule has 0 aliphatic carbocycles. The van der Waals surface area contributed by atoms with Crippen molar-refractivity contribution in [3.8, 4) is 0 Å². The van der Waals surface area contributed by atoms with Crippen LogP contribution in [0.1, 0.15) is 122 Å². The van der Waals surface area contributed by atoms with Crippen molar-refractivity contribution >= 4 is 29.5 Å². The number of rotatable bonds is 34. The van der Waals surface area contributed by atoms with Crippen LogP contribution >= 0.6 is 0 Å². The molecule has 0 radical (unpaired) electrons. The van der Waals surface area contributed by atoms with Gasteiger partial charge in [0.25, 0.3) is 0 Å². The van der Waals surface area contributed by atoms with Crippen molar-refractivity contribution in [2.24, 2.45) is 0 Å². The van der Waals surface area contributed by atoms with Crippen molar-refractivity contribution in [3.05, 3.63) is 12.2 Å². The van der Waals surface area contributed by atoms with Crippen molar-refractivity contribution < 1.29 is 69.9 Å². The first kappa shape index (κ1) is 53.7. The predicted octanol–water partition coefficient (Wildman–Crippen LogP) is 0.222. The van der Waals surface area contributed by atoms with E-state index in [1.54, 1.807) is 0 Å². The van der Waals surface area contributed by atoms with Gasteiger partial charge in [-0.25, -0.2) is 15.2 Å². The van der Waals surface area contributed by atoms with Gasteiger partial charge in [-0.2, -0.15) is 0 Å². The minimum absolute atomic E-state index is 0.0656. The van der Waals surface area contributed by atoms with Crippen LogP contribution in [0.15, 0.2) is 12.2 Å². The number of hydrogen-bond acceptors (Lipinski definition) is 15. The van der Waals surface area contributed by atoms with Gasteiger partial charge in [0, 0.05) is 64.8 Å². The van der Waals surface area contributed by atoms with E-state index in [-0.39, 0.29) is 82.1 Å². The maximum absolute atomic E-state index is 12.2. The number of hydrogen-bond donors (Lipinski definition) is 11. The minimum Gasteiger partial charge on any atom is -0.394 e. The normalized spacial score (nSPS) is 19.4. The van der Waals surface area contributed by atoms with Crippen LogP contribution in [-0.4, -0.2) is 169 Å². The van der Waals surface area contributed by atoms with Crippen molar-refractivity contribution in [3.63, 3.8) is 0 Å². The lowest BCUT2D eigenvalue weighted by Crippen LogP contribution is -2.50. The van der Waals surface area contributed by atoms with Crippen molar-refractivity contribution in [2.75, 3.05) is 52.4 Å². The molecule has 0 saturated carbocycles. The predicted molar refractivity (Wildman–Crippen MR) is 212 cm³/mol. The molecule has 11 N–H and O–H groups in total. The molecule has 1 aliphatic heterocycles. The van der Waals surface area contributed by atoms with Crippen LogP contribution in [0.3, 0.4) is 0 Å². The largest absolute Gasteiger partial charge is 0.394 e. The van der Waals surface area contributed by atoms with Gasteiger partial charge in [0.05, 0.1) is 19.3 Å². The van der Waals surface area contributed by atoms with Gasteiger partial charge in [0.15, 0.2) is 0 Å². The monoisotopic (exact) mass is 849 g/mol. The van der Waals surface area contributed by atoms with E-state index in [4.69, 9.17) is 9.84 Å². The summed E-state index contributed by atoms with van der Waals surface area (Å²) in [6.45, 7) is 2.65. The second kappa shape index (κ2) is 31.5. The molecule has 0 aromatic carbocycles. The number of carbonyl (C=O) groups is 5. The fourth-order valence-corrected chi connectivity index (χ4v) is 6.02. The zero-order valence-electron chi connectivity index (χ0n) is 34.7. The lowest BCUT2D eigenvalue weighted by atomic mass is 10.1. The van der Waals surface area contributed by atoms with Crippen LogP contribution in [0, 0.1) is 0 Å². The lowest BCUT2D eigenvalue weighted by Gasteiger charge is -2.26. The van der Waals surface area contributed by atoms with Crippen molar-refractivity contribution in [1.29, 1.82) is 0 Å². The van der Waals surface area contributed by atoms with Crippen LogP contribution in [0.25, 0.3) is 0 Å². The number of ether oxygens (including phenoxy) is 1. The molecule has 5 amide bonds. The van der Waals surface area contributed by atoms with E-state index in [1.165, 1.54) is 0 Å². The van der Waals surface area contributed by atoms with E-state index in [2.05, 4.69) is 16.0 Å². The molecular weight excluding hydrogens is 776 g/mol. The Morgan fingerprint density at radius 3 is 1.59 bits per heavy atom. The molecule has 0 spiro atoms. The second-order valence-corrected chi connectivity index (χ2v) is 14.9. The van der Waals surface area contributed by atoms with Gasteiger partial charge < -0.3 is 46.2 Å². The zero-order chi connectivity index (χ0) is 44.1. The van der Waals surface area contributed by atoms with Crippen LogP contribution in [0.4, 0.5) is 0 Å². The van der Waals surface area contributed by atoms with Crippen LogP contribution in [0.2, 0.25) is 0 Å². The van der Waals surface area contributed by atoms with Gasteiger partial charge in [-0.15, -0.1) is 0 Å². The third-order valence-electron chi connectivity index (χ3n) is 9.87. The van der Waals surface area contributed by atoms with Crippen LogP contribution in [-0.2, 0) is 28.7 Å². The smallest absolute Gasteiger partial charge is 0.246 e. The molecule has 1 heterocycles. The first-order chi connectivity index (χ1) is 28.1. The average Bonchev–Trinajstić information content (AvgIpc) is 3.44. The number of carbonyl (C=O) groups excluding carboxylic acids is 5. The summed E-state index contributed by atoms with van der Waals surface area (Å²) < 4.78 is 5.14. The third kappa shape index (κ3) is 23.9. The Kier molecular flexibility index (Phi) is 28.7. The Labute approximate surface area is 347 Å². The number of hydroxylamine groups is 6. The Hall–Kier alpha value is -3.31. The van der Waals surface area contributed by atoms with Gasteiger partial charge in [-0.3, -0.25) is 39.6 Å². The SMILES string of the molecule is CCC(O)CCC=CCCC(=O)N(O)CCCCCNC(=O)CCC(=O)N(O)CCCCCNC(=O)CCC(=O)N(O)CCCCCNCC1(O)OC(CO)C(O)C1O. The number of unbranched alkanes of at least 4 members (excludes halogenated alkanes) is 6. The first-order valence-corrected chi connectivity index (χ1v) is 21.1. The Bertz CT molecular complexity index is 1250. The fourth-order valence-electron chi connectivity index (χ4n) is 6.02. The number of amides is 5. The van der Waals surface area contributed by atoms with E-state index >= 15 is 0 Å². The maximum atomic E-state index is 12.2. The quantitative estimate of drug-likeness (QED) is 0.0179. The summed E-state index contributed by atoms with van der Waals surface area (Å²) in [7, 11) is 0. The second-order valence-electron chi connectivity index (χ2n) is 14.9. The third-order valence-corrected chi connectivity index (χ3v) is 9.87. The molecule has 0 bridgehead atoms. The maximum Gasteiger partial charge on any atom is 0.246 e. The highest BCUT2D eigenvalue weighted by atomic mass is 16.7. The number of aliphatic hydroxyl groups is 5. The number of aliphatic hydroxyl groups excluding tert-OH is 4. The molecule has 5 atom stereocenters. The lowest BCUT2D eigenvalue weighted by molar-refractivity contribution is -0.226. The van der Waals surface area contributed by atoms with E-state index < -0.39 is 42.5 Å². The highest BCUT2D eigenvalue weighted by Gasteiger charge is 2.52. The minimum atomic E-state index is -2.02. The summed E-state index contributed by atoms with van der Waals surface area (Å²) >= 11 is 0. The van der Waals surface area contributed by atoms with Gasteiger partial charge in [-0.05, 0) is 83.6 Å². The van der Waals surface area contributed by atoms with Gasteiger partial charge >= 0.3 is 0 Å². The standard InChI is InChI=1S/C39H72N6O14/c1-2-30(47)16-8-3-4-9-17-34(50)43(56)25-14-6-11-23-41-33(49)19-21-36(52)45(58)27-15-7-12-24-42-32(48)18-20-35(51)44(57)26-13-5-10-22-40-29-39(55)38(54)37(53)31(28-46)59-39/h3-4,30-31,37-38,40,46-47,53-58H,2,5-29H2,1H3,(H,41,49)(H,42,48). The summed E-state index contributed by atoms with van der Waals surface area (Å²) in [4.78, 5) is 60.6. The molecule has 1 rings (SSSR count). The average molecular weight is 849 g/mol. The summed E-state index contributed by atoms with van der Waals surface area (Å²) in [5, 5.41) is 88.8. The molecule has 0 aromatic rings. The molecule has 1 fully saturated rings. The van der Waals surface area contributed by atoms with Crippen LogP contribution < -0.4 is 16.0 Å². The number of nitrogens with zero attached hydrogens (tertiary/aromatic N) is 3. The van der Waals surface area contributed by atoms with E-state index in [1.807, 2.05) is 19.1 Å². The zero-order valence-corrected chi connectivity index (χ0v) is 34.7. The van der Waals surface area contributed by atoms with Gasteiger partial charge in [0.2, 0.25) is 35.3 Å². The highest BCUT2D eigenvalue weighted by Crippen LogP contribution is 2.28. The topological polar surface area (TPSA) is 302 Å².